The Morgan fingerprint density at radius 2 is 1.30 bits per heavy atom. The molecule has 0 aliphatic carbocycles. The van der Waals surface area contributed by atoms with E-state index < -0.39 is 139 Å². The topological polar surface area (TPSA) is 604 Å². The number of halogens is 6. The Kier molecular flexibility index (Phi) is 44.8. The molecule has 7 atom stereocenters. The molecule has 130 heavy (non-hydrogen) atoms. The van der Waals surface area contributed by atoms with Gasteiger partial charge in [-0.05, 0) is 137 Å². The highest BCUT2D eigenvalue weighted by Crippen LogP contribution is 2.49. The average Bonchev–Trinajstić information content (AvgIpc) is 1.59. The third-order valence-electron chi connectivity index (χ3n) is 21.0. The predicted molar refractivity (Wildman–Crippen MR) is 468 cm³/mol. The number of phenolic OH excluding ortho intramolecular Hbond substituents is 1. The number of guanidine groups is 2. The largest absolute Gasteiger partial charge is 0.748 e. The molecule has 724 valence electrons. The fraction of sp³-hybridized carbons (Fsp3) is 0.560. The maximum Gasteiger partial charge on any atom is 0.490 e. The number of likely N-dealkylation sites (tertiary alicyclic amines) is 1. The number of carboxylic acid groups (broad SMARTS) is 3. The van der Waals surface area contributed by atoms with Gasteiger partial charge in [0.15, 0.2) is 17.6 Å². The smallest absolute Gasteiger partial charge is 0.490 e. The number of amides is 8. The van der Waals surface area contributed by atoms with Crippen LogP contribution >= 0.6 is 0 Å². The van der Waals surface area contributed by atoms with Crippen molar-refractivity contribution in [3.63, 3.8) is 0 Å². The molecule has 0 bridgehead atoms. The lowest BCUT2D eigenvalue weighted by Crippen LogP contribution is -2.60. The number of allylic oxidation sites excluding steroid dienone is 6. The summed E-state index contributed by atoms with van der Waals surface area (Å²) < 4.78 is 145. The van der Waals surface area contributed by atoms with Gasteiger partial charge in [-0.1, -0.05) is 103 Å². The fourth-order valence-electron chi connectivity index (χ4n) is 14.1. The number of para-hydroxylation sites is 1. The van der Waals surface area contributed by atoms with Crippen LogP contribution in [0.1, 0.15) is 162 Å². The van der Waals surface area contributed by atoms with Gasteiger partial charge in [0.25, 0.3) is 10.1 Å². The number of nitrogens with zero attached hydrogens (tertiary/aromatic N) is 5. The molecule has 6 rings (SSSR count). The number of alkyl halides is 6. The number of nitrogens with two attached hydrogens (primary N) is 4. The van der Waals surface area contributed by atoms with Gasteiger partial charge >= 0.3 is 36.3 Å². The molecule has 38 nitrogen and oxygen atoms in total. The molecular formula is C84H122F6N16O22S2. The lowest BCUT2D eigenvalue weighted by Gasteiger charge is -2.31. The molecule has 1 saturated heterocycles. The van der Waals surface area contributed by atoms with Crippen molar-refractivity contribution in [1.82, 2.24) is 42.1 Å². The maximum atomic E-state index is 14.5. The molecule has 46 heteroatoms. The van der Waals surface area contributed by atoms with Crippen molar-refractivity contribution in [1.29, 1.82) is 0 Å². The van der Waals surface area contributed by atoms with E-state index in [0.717, 1.165) is 33.9 Å². The first-order valence-corrected chi connectivity index (χ1v) is 45.1. The number of benzene rings is 3. The number of fused-ring (bicyclic) bond motifs is 2. The molecule has 0 aromatic heterocycles. The van der Waals surface area contributed by atoms with Crippen LogP contribution in [0.25, 0.3) is 0 Å². The van der Waals surface area contributed by atoms with Crippen molar-refractivity contribution in [3.05, 3.63) is 119 Å². The number of carbonyl (C=O) groups is 10. The number of rotatable bonds is 48. The van der Waals surface area contributed by atoms with Crippen LogP contribution < -0.4 is 65.1 Å². The zero-order valence-corrected chi connectivity index (χ0v) is 75.4. The van der Waals surface area contributed by atoms with E-state index >= 15 is 0 Å². The summed E-state index contributed by atoms with van der Waals surface area (Å²) in [4.78, 5) is 137. The first-order chi connectivity index (χ1) is 60.7. The molecule has 3 aliphatic rings. The van der Waals surface area contributed by atoms with E-state index in [1.54, 1.807) is 32.0 Å². The average molecular weight is 1890 g/mol. The molecule has 3 aromatic rings. The number of unbranched alkanes of at least 4 members (excludes halogenated alkanes) is 3. The maximum absolute atomic E-state index is 14.5. The highest BCUT2D eigenvalue weighted by molar-refractivity contribution is 7.86. The Balaban J connectivity index is 0.00000232. The van der Waals surface area contributed by atoms with Crippen molar-refractivity contribution in [2.24, 2.45) is 44.8 Å². The quantitative estimate of drug-likeness (QED) is 0.00654. The van der Waals surface area contributed by atoms with Crippen LogP contribution in [0.5, 0.6) is 5.75 Å². The summed E-state index contributed by atoms with van der Waals surface area (Å²) in [7, 11) is -8.81. The third-order valence-corrected chi connectivity index (χ3v) is 22.7. The van der Waals surface area contributed by atoms with Gasteiger partial charge in [0, 0.05) is 98.8 Å². The standard InChI is InChI=1S/C80H120N16O18S2.2C2HF3O2/c1-9-53(4)69(73(102)91-62(75(104)105)49-52(2)3)92-71(100)61(50-54-31-33-55(97)34-32-54)90-72(101)65-27-22-43-96(65)74(103)60(25-21-37-86-76(82)83)89-70(99)59(81)24-20-38-87-77(84)93-78(106)88-40-45-114-47-46-113-44-39-85-68(98)30-14-11-17-41-95-64-36-35-56(116(110,111)112)51-58(64)80(7,8)67(95)29-13-10-12-28-66-79(5,6)57-23-15-16-26-63(57)94(66)42-18-19-48-115(107,108)109;2*3-2(4,5)1(6)7/h10,12-13,15-16,23,26,28-29,31-36,51-53,59-62,65,69H,9,11,14,17-22,24-25,27,30,37-50,81H2,1-8H3,(H16-,82,83,84,85,86,87,88,89,90,91,92,93,97,98,99,100,101,102,104,105,106,107,108,109,110,111,112);2*(H,6,7)/t53-,59-,60-,61-,62-,65-,69-;;/m0../s1. The van der Waals surface area contributed by atoms with E-state index in [9.17, 15) is 101 Å². The van der Waals surface area contributed by atoms with E-state index in [-0.39, 0.29) is 157 Å². The van der Waals surface area contributed by atoms with Gasteiger partial charge in [-0.3, -0.25) is 48.6 Å². The second-order valence-corrected chi connectivity index (χ2v) is 35.2. The van der Waals surface area contributed by atoms with Gasteiger partial charge in [0.2, 0.25) is 41.1 Å². The summed E-state index contributed by atoms with van der Waals surface area (Å²) in [5.74, 6) is -11.7. The lowest BCUT2D eigenvalue weighted by atomic mass is 9.81. The van der Waals surface area contributed by atoms with Crippen molar-refractivity contribution in [2.75, 3.05) is 82.9 Å². The SMILES string of the molecule is CC[C@H](C)[C@H](NC(=O)[C@H](Cc1ccc(O)cc1)NC(=O)[C@@H]1CCCN1C(=O)[C@H](CCCN=C(N)N)NC(=O)[C@@H](N)CCCN=C(N)NC(=O)NCCOCCOCCNC(=O)CCCCCN1/C(=C/C=C/C=C/C2=[N+](CCCCS(=O)(=O)[O-])c3ccccc3C2(C)C)C(C)(C)c2cc(S(=O)(=O)O)ccc21)C(=O)N[C@@H](CC(C)C)C(=O)O.O=C(O)C(F)(F)F.O=C(O)C(F)(F)F. The number of urea groups is 1. The van der Waals surface area contributed by atoms with E-state index in [0.29, 0.717) is 57.2 Å². The zero-order valence-electron chi connectivity index (χ0n) is 73.8. The number of aliphatic carboxylic acids is 3. The van der Waals surface area contributed by atoms with Gasteiger partial charge in [0.1, 0.15) is 42.5 Å². The molecule has 0 saturated carbocycles. The predicted octanol–water partition coefficient (Wildman–Crippen LogP) is 5.24. The molecule has 3 aliphatic heterocycles. The number of carboxylic acids is 3. The minimum atomic E-state index is -5.08. The number of ether oxygens (including phenoxy) is 2. The minimum absolute atomic E-state index is 0.0412. The number of anilines is 1. The Bertz CT molecular complexity index is 4750. The summed E-state index contributed by atoms with van der Waals surface area (Å²) in [6, 6.07) is 10.8. The van der Waals surface area contributed by atoms with Gasteiger partial charge in [-0.25, -0.2) is 27.6 Å². The first-order valence-electron chi connectivity index (χ1n) is 42.1. The van der Waals surface area contributed by atoms with Gasteiger partial charge in [0.05, 0.1) is 52.9 Å². The monoisotopic (exact) mass is 1880 g/mol. The van der Waals surface area contributed by atoms with Crippen LogP contribution in [0.15, 0.2) is 118 Å². The molecule has 3 heterocycles. The Morgan fingerprint density at radius 3 is 1.89 bits per heavy atom. The van der Waals surface area contributed by atoms with Crippen molar-refractivity contribution in [2.45, 2.75) is 216 Å². The van der Waals surface area contributed by atoms with Crippen LogP contribution in [0.2, 0.25) is 0 Å². The van der Waals surface area contributed by atoms with E-state index in [2.05, 4.69) is 76.6 Å². The number of aliphatic imine (C=N–C) groups is 2. The number of hydrogen-bond donors (Lipinski definition) is 16. The molecule has 3 aromatic carbocycles. The first kappa shape index (κ1) is 111. The van der Waals surface area contributed by atoms with E-state index in [1.807, 2.05) is 76.3 Å². The highest BCUT2D eigenvalue weighted by Gasteiger charge is 2.46. The number of carbonyl (C=O) groups excluding carboxylic acids is 7. The van der Waals surface area contributed by atoms with Gasteiger partial charge in [-0.2, -0.15) is 39.3 Å². The minimum Gasteiger partial charge on any atom is -0.748 e. The zero-order chi connectivity index (χ0) is 97.7. The second-order valence-electron chi connectivity index (χ2n) is 32.3. The normalized spacial score (nSPS) is 16.5. The third kappa shape index (κ3) is 37.6. The molecule has 8 amide bonds. The Labute approximate surface area is 750 Å². The summed E-state index contributed by atoms with van der Waals surface area (Å²) in [6.45, 7) is 18.0. The molecule has 1 fully saturated rings. The second kappa shape index (κ2) is 52.5. The number of hydrogen-bond acceptors (Lipinski definition) is 22. The van der Waals surface area contributed by atoms with Gasteiger partial charge < -0.3 is 99.1 Å². The van der Waals surface area contributed by atoms with Crippen LogP contribution in [0.4, 0.5) is 42.5 Å². The molecule has 0 spiro atoms. The van der Waals surface area contributed by atoms with Crippen molar-refractivity contribution >= 4 is 109 Å². The van der Waals surface area contributed by atoms with Crippen LogP contribution in [0.3, 0.4) is 0 Å². The summed E-state index contributed by atoms with van der Waals surface area (Å²) >= 11 is 0. The summed E-state index contributed by atoms with van der Waals surface area (Å²) in [5, 5.41) is 52.8. The molecular weight excluding hydrogens is 1760 g/mol. The Hall–Kier alpha value is -11.3. The lowest BCUT2D eigenvalue weighted by molar-refractivity contribution is -0.438. The fourth-order valence-corrected chi connectivity index (χ4v) is 15.2. The van der Waals surface area contributed by atoms with E-state index in [1.165, 1.54) is 29.2 Å². The molecule has 0 unspecified atom stereocenters. The highest BCUT2D eigenvalue weighted by atomic mass is 32.2. The Morgan fingerprint density at radius 1 is 0.692 bits per heavy atom. The number of aromatic hydroxyl groups is 1. The number of phenols is 1. The summed E-state index contributed by atoms with van der Waals surface area (Å²) in [5.41, 5.74) is 28.5. The van der Waals surface area contributed by atoms with E-state index in [4.69, 9.17) is 52.2 Å². The molecule has 0 radical (unpaired) electrons. The van der Waals surface area contributed by atoms with Crippen molar-refractivity contribution < 1.29 is 135 Å². The van der Waals surface area contributed by atoms with Crippen molar-refractivity contribution in [3.8, 4) is 5.75 Å². The van der Waals surface area contributed by atoms with Crippen LogP contribution in [0, 0.1) is 11.8 Å². The number of nitrogens with one attached hydrogen (secondary N) is 7. The van der Waals surface area contributed by atoms with Gasteiger partial charge in [-0.15, -0.1) is 0 Å². The van der Waals surface area contributed by atoms with Crippen LogP contribution in [-0.2, 0) is 90.1 Å². The molecule has 20 N–H and O–H groups in total. The van der Waals surface area contributed by atoms with Crippen LogP contribution in [-0.4, -0.2) is 259 Å². The summed E-state index contributed by atoms with van der Waals surface area (Å²) in [6.07, 6.45) is 4.35.